The Hall–Kier alpha value is -2.83. The van der Waals surface area contributed by atoms with E-state index in [0.29, 0.717) is 18.2 Å². The second-order valence-corrected chi connectivity index (χ2v) is 9.05. The zero-order valence-corrected chi connectivity index (χ0v) is 19.9. The minimum atomic E-state index is -0.131. The lowest BCUT2D eigenvalue weighted by atomic mass is 10.0. The van der Waals surface area contributed by atoms with Gasteiger partial charge in [0.2, 0.25) is 0 Å². The average Bonchev–Trinajstić information content (AvgIpc) is 3.35. The van der Waals surface area contributed by atoms with Crippen molar-refractivity contribution in [1.82, 2.24) is 5.32 Å². The second-order valence-electron chi connectivity index (χ2n) is 9.05. The van der Waals surface area contributed by atoms with Crippen molar-refractivity contribution in [3.63, 3.8) is 0 Å². The standard InChI is InChI=1S/C27H35N3O3/c1-4-19(2)28-16-20-14-22-7-10-23(15-26(22)30(3)17-20)29-27(31)21-8-11-24(12-9-21)33-18-25-6-5-13-32-25/h7-12,14-15,19,25,28H,4-6,13,16-18H2,1-3H3,(H,29,31)/t19-,25-/m0/s1. The smallest absolute Gasteiger partial charge is 0.255 e. The van der Waals surface area contributed by atoms with Crippen molar-refractivity contribution < 1.29 is 14.3 Å². The number of fused-ring (bicyclic) bond motifs is 1. The van der Waals surface area contributed by atoms with Crippen LogP contribution in [0.5, 0.6) is 5.75 Å². The van der Waals surface area contributed by atoms with Crippen molar-refractivity contribution in [2.75, 3.05) is 43.6 Å². The number of ether oxygens (including phenoxy) is 2. The molecule has 2 aromatic rings. The number of hydrogen-bond donors (Lipinski definition) is 2. The van der Waals surface area contributed by atoms with E-state index in [-0.39, 0.29) is 12.0 Å². The third-order valence-corrected chi connectivity index (χ3v) is 6.37. The van der Waals surface area contributed by atoms with Gasteiger partial charge in [0.25, 0.3) is 5.91 Å². The molecule has 6 heteroatoms. The molecular formula is C27H35N3O3. The van der Waals surface area contributed by atoms with E-state index < -0.39 is 0 Å². The molecule has 2 aliphatic heterocycles. The van der Waals surface area contributed by atoms with E-state index in [1.54, 1.807) is 12.1 Å². The van der Waals surface area contributed by atoms with Crippen molar-refractivity contribution >= 4 is 23.4 Å². The van der Waals surface area contributed by atoms with Gasteiger partial charge in [-0.25, -0.2) is 0 Å². The molecule has 2 atom stereocenters. The summed E-state index contributed by atoms with van der Waals surface area (Å²) in [6.45, 7) is 7.55. The van der Waals surface area contributed by atoms with Crippen molar-refractivity contribution in [2.45, 2.75) is 45.3 Å². The molecule has 2 aromatic carbocycles. The first-order valence-corrected chi connectivity index (χ1v) is 12.0. The monoisotopic (exact) mass is 449 g/mol. The predicted octanol–water partition coefficient (Wildman–Crippen LogP) is 4.72. The van der Waals surface area contributed by atoms with Gasteiger partial charge in [-0.05, 0) is 73.7 Å². The Labute approximate surface area is 197 Å². The maximum absolute atomic E-state index is 12.8. The summed E-state index contributed by atoms with van der Waals surface area (Å²) in [7, 11) is 2.09. The summed E-state index contributed by atoms with van der Waals surface area (Å²) >= 11 is 0. The van der Waals surface area contributed by atoms with Crippen LogP contribution in [0.4, 0.5) is 11.4 Å². The molecule has 33 heavy (non-hydrogen) atoms. The Kier molecular flexibility index (Phi) is 7.68. The van der Waals surface area contributed by atoms with Gasteiger partial charge in [0, 0.05) is 49.7 Å². The van der Waals surface area contributed by atoms with Crippen LogP contribution in [-0.4, -0.2) is 51.4 Å². The first-order valence-electron chi connectivity index (χ1n) is 12.0. The van der Waals surface area contributed by atoms with Crippen LogP contribution < -0.4 is 20.3 Å². The van der Waals surface area contributed by atoms with E-state index in [4.69, 9.17) is 9.47 Å². The third kappa shape index (κ3) is 6.15. The molecule has 2 aliphatic rings. The molecule has 0 radical (unpaired) electrons. The summed E-state index contributed by atoms with van der Waals surface area (Å²) < 4.78 is 11.4. The molecule has 1 amide bonds. The Bertz CT molecular complexity index is 981. The average molecular weight is 450 g/mol. The van der Waals surface area contributed by atoms with Crippen LogP contribution >= 0.6 is 0 Å². The zero-order valence-electron chi connectivity index (χ0n) is 19.9. The number of anilines is 2. The van der Waals surface area contributed by atoms with Gasteiger partial charge < -0.3 is 25.0 Å². The topological polar surface area (TPSA) is 62.8 Å². The van der Waals surface area contributed by atoms with Crippen LogP contribution in [0.1, 0.15) is 49.0 Å². The van der Waals surface area contributed by atoms with Crippen molar-refractivity contribution in [2.24, 2.45) is 0 Å². The van der Waals surface area contributed by atoms with E-state index in [1.165, 1.54) is 11.1 Å². The molecular weight excluding hydrogens is 414 g/mol. The second kappa shape index (κ2) is 10.9. The maximum atomic E-state index is 12.8. The van der Waals surface area contributed by atoms with Crippen LogP contribution in [0, 0.1) is 0 Å². The van der Waals surface area contributed by atoms with Gasteiger partial charge in [-0.3, -0.25) is 4.79 Å². The molecule has 4 rings (SSSR count). The van der Waals surface area contributed by atoms with Crippen LogP contribution in [0.2, 0.25) is 0 Å². The Morgan fingerprint density at radius 2 is 2.06 bits per heavy atom. The normalized spacial score (nSPS) is 18.5. The molecule has 0 unspecified atom stereocenters. The number of likely N-dealkylation sites (N-methyl/N-ethyl adjacent to an activating group) is 1. The number of hydrogen-bond acceptors (Lipinski definition) is 5. The van der Waals surface area contributed by atoms with Crippen molar-refractivity contribution in [3.05, 3.63) is 59.2 Å². The SMILES string of the molecule is CC[C@H](C)NCC1=Cc2ccc(NC(=O)c3ccc(OC[C@@H]4CCCO4)cc3)cc2N(C)C1. The molecule has 6 nitrogen and oxygen atoms in total. The Balaban J connectivity index is 1.36. The minimum Gasteiger partial charge on any atom is -0.491 e. The fourth-order valence-corrected chi connectivity index (χ4v) is 4.16. The van der Waals surface area contributed by atoms with E-state index in [1.807, 2.05) is 24.3 Å². The summed E-state index contributed by atoms with van der Waals surface area (Å²) in [5.41, 5.74) is 5.06. The fraction of sp³-hybridized carbons (Fsp3) is 0.444. The maximum Gasteiger partial charge on any atom is 0.255 e. The van der Waals surface area contributed by atoms with Crippen LogP contribution in [-0.2, 0) is 4.74 Å². The lowest BCUT2D eigenvalue weighted by molar-refractivity contribution is 0.0679. The molecule has 1 fully saturated rings. The molecule has 176 valence electrons. The first-order chi connectivity index (χ1) is 16.0. The molecule has 0 saturated carbocycles. The highest BCUT2D eigenvalue weighted by Crippen LogP contribution is 2.30. The number of nitrogens with zero attached hydrogens (tertiary/aromatic N) is 1. The van der Waals surface area contributed by atoms with Crippen LogP contribution in [0.15, 0.2) is 48.0 Å². The largest absolute Gasteiger partial charge is 0.491 e. The number of benzene rings is 2. The summed E-state index contributed by atoms with van der Waals surface area (Å²) in [6.07, 6.45) is 5.69. The van der Waals surface area contributed by atoms with Gasteiger partial charge >= 0.3 is 0 Å². The van der Waals surface area contributed by atoms with Crippen LogP contribution in [0.3, 0.4) is 0 Å². The van der Waals surface area contributed by atoms with Crippen LogP contribution in [0.25, 0.3) is 6.08 Å². The summed E-state index contributed by atoms with van der Waals surface area (Å²) in [4.78, 5) is 15.0. The lowest BCUT2D eigenvalue weighted by Crippen LogP contribution is -2.32. The summed E-state index contributed by atoms with van der Waals surface area (Å²) in [5.74, 6) is 0.621. The summed E-state index contributed by atoms with van der Waals surface area (Å²) in [5, 5.41) is 6.59. The van der Waals surface area contributed by atoms with E-state index in [0.717, 1.165) is 56.1 Å². The predicted molar refractivity (Wildman–Crippen MR) is 134 cm³/mol. The number of carbonyl (C=O) groups excluding carboxylic acids is 1. The van der Waals surface area contributed by atoms with E-state index >= 15 is 0 Å². The van der Waals surface area contributed by atoms with Gasteiger partial charge in [0.1, 0.15) is 12.4 Å². The highest BCUT2D eigenvalue weighted by Gasteiger charge is 2.18. The van der Waals surface area contributed by atoms with Gasteiger partial charge in [0.15, 0.2) is 0 Å². The minimum absolute atomic E-state index is 0.131. The molecule has 0 spiro atoms. The first kappa shape index (κ1) is 23.3. The van der Waals surface area contributed by atoms with Gasteiger partial charge in [0.05, 0.1) is 6.10 Å². The third-order valence-electron chi connectivity index (χ3n) is 6.37. The number of carbonyl (C=O) groups is 1. The number of amides is 1. The van der Waals surface area contributed by atoms with Gasteiger partial charge in [-0.1, -0.05) is 19.1 Å². The number of nitrogens with one attached hydrogen (secondary N) is 2. The fourth-order valence-electron chi connectivity index (χ4n) is 4.16. The van der Waals surface area contributed by atoms with E-state index in [2.05, 4.69) is 48.6 Å². The molecule has 0 aliphatic carbocycles. The van der Waals surface area contributed by atoms with E-state index in [9.17, 15) is 4.79 Å². The van der Waals surface area contributed by atoms with Gasteiger partial charge in [-0.2, -0.15) is 0 Å². The molecule has 1 saturated heterocycles. The molecule has 0 aromatic heterocycles. The Morgan fingerprint density at radius 1 is 1.24 bits per heavy atom. The lowest BCUT2D eigenvalue weighted by Gasteiger charge is -2.29. The zero-order chi connectivity index (χ0) is 23.2. The molecule has 0 bridgehead atoms. The van der Waals surface area contributed by atoms with Gasteiger partial charge in [-0.15, -0.1) is 0 Å². The number of rotatable bonds is 9. The highest BCUT2D eigenvalue weighted by atomic mass is 16.5. The summed E-state index contributed by atoms with van der Waals surface area (Å²) in [6, 6.07) is 13.9. The molecule has 2 heterocycles. The molecule has 2 N–H and O–H groups in total. The van der Waals surface area contributed by atoms with Crippen molar-refractivity contribution in [1.29, 1.82) is 0 Å². The quantitative estimate of drug-likeness (QED) is 0.580. The Morgan fingerprint density at radius 3 is 2.79 bits per heavy atom. The highest BCUT2D eigenvalue weighted by molar-refractivity contribution is 6.04. The van der Waals surface area contributed by atoms with Crippen molar-refractivity contribution in [3.8, 4) is 5.75 Å².